The largest absolute Gasteiger partial charge is 0.343 e. The predicted octanol–water partition coefficient (Wildman–Crippen LogP) is 1.54. The smallest absolute Gasteiger partial charge is 0.246 e. The third kappa shape index (κ3) is 2.07. The maximum Gasteiger partial charge on any atom is 0.246 e. The van der Waals surface area contributed by atoms with Crippen LogP contribution in [0, 0.1) is 0 Å². The summed E-state index contributed by atoms with van der Waals surface area (Å²) in [4.78, 5) is 25.5. The standard InChI is InChI=1S/C12H16N2O2S/c1-7-12(16)14(9(3)11(15)13-7)8(2)10-4-5-17-6-10/h4-9H,1-3H3,(H,13,15). The van der Waals surface area contributed by atoms with E-state index in [1.165, 1.54) is 0 Å². The summed E-state index contributed by atoms with van der Waals surface area (Å²) in [5.41, 5.74) is 1.08. The van der Waals surface area contributed by atoms with Crippen LogP contribution in [0.5, 0.6) is 0 Å². The Labute approximate surface area is 105 Å². The maximum absolute atomic E-state index is 12.1. The van der Waals surface area contributed by atoms with Crippen LogP contribution in [-0.2, 0) is 9.59 Å². The minimum atomic E-state index is -0.431. The molecule has 92 valence electrons. The van der Waals surface area contributed by atoms with Crippen molar-refractivity contribution in [1.29, 1.82) is 0 Å². The van der Waals surface area contributed by atoms with Gasteiger partial charge in [0.25, 0.3) is 0 Å². The number of piperazine rings is 1. The monoisotopic (exact) mass is 252 g/mol. The number of carbonyl (C=O) groups is 2. The number of nitrogens with one attached hydrogen (secondary N) is 1. The summed E-state index contributed by atoms with van der Waals surface area (Å²) in [7, 11) is 0. The van der Waals surface area contributed by atoms with Gasteiger partial charge in [-0.05, 0) is 43.2 Å². The Kier molecular flexibility index (Phi) is 3.19. The Hall–Kier alpha value is -1.36. The first-order valence-corrected chi connectivity index (χ1v) is 6.61. The van der Waals surface area contributed by atoms with Crippen molar-refractivity contribution < 1.29 is 9.59 Å². The lowest BCUT2D eigenvalue weighted by molar-refractivity contribution is -0.150. The van der Waals surface area contributed by atoms with Crippen molar-refractivity contribution in [3.63, 3.8) is 0 Å². The molecule has 1 saturated heterocycles. The van der Waals surface area contributed by atoms with Crippen LogP contribution in [0.15, 0.2) is 16.8 Å². The number of carbonyl (C=O) groups excluding carboxylic acids is 2. The Balaban J connectivity index is 2.28. The molecule has 1 aromatic heterocycles. The van der Waals surface area contributed by atoms with E-state index in [1.807, 2.05) is 23.8 Å². The minimum absolute atomic E-state index is 0.0178. The van der Waals surface area contributed by atoms with Crippen LogP contribution in [-0.4, -0.2) is 28.8 Å². The highest BCUT2D eigenvalue weighted by molar-refractivity contribution is 7.07. The summed E-state index contributed by atoms with van der Waals surface area (Å²) >= 11 is 1.60. The van der Waals surface area contributed by atoms with Crippen LogP contribution in [0.25, 0.3) is 0 Å². The van der Waals surface area contributed by atoms with Gasteiger partial charge in [0, 0.05) is 0 Å². The molecular formula is C12H16N2O2S. The lowest BCUT2D eigenvalue weighted by Gasteiger charge is -2.39. The molecule has 3 unspecified atom stereocenters. The molecule has 17 heavy (non-hydrogen) atoms. The summed E-state index contributed by atoms with van der Waals surface area (Å²) in [5, 5.41) is 6.68. The molecule has 1 fully saturated rings. The van der Waals surface area contributed by atoms with E-state index in [4.69, 9.17) is 0 Å². The molecule has 1 aromatic rings. The van der Waals surface area contributed by atoms with Gasteiger partial charge < -0.3 is 10.2 Å². The van der Waals surface area contributed by atoms with Crippen molar-refractivity contribution in [2.24, 2.45) is 0 Å². The molecule has 0 saturated carbocycles. The average Bonchev–Trinajstić information content (AvgIpc) is 2.80. The lowest BCUT2D eigenvalue weighted by atomic mass is 10.0. The van der Waals surface area contributed by atoms with E-state index in [9.17, 15) is 9.59 Å². The van der Waals surface area contributed by atoms with Crippen molar-refractivity contribution in [1.82, 2.24) is 10.2 Å². The molecule has 1 aliphatic heterocycles. The lowest BCUT2D eigenvalue weighted by Crippen LogP contribution is -2.61. The summed E-state index contributed by atoms with van der Waals surface area (Å²) in [5.74, 6) is -0.102. The SMILES string of the molecule is CC1NC(=O)C(C)N(C(C)c2ccsc2)C1=O. The minimum Gasteiger partial charge on any atom is -0.343 e. The predicted molar refractivity (Wildman–Crippen MR) is 66.6 cm³/mol. The number of hydrogen-bond acceptors (Lipinski definition) is 3. The fourth-order valence-corrected chi connectivity index (χ4v) is 2.88. The van der Waals surface area contributed by atoms with Gasteiger partial charge in [0.05, 0.1) is 6.04 Å². The van der Waals surface area contributed by atoms with Gasteiger partial charge in [0.2, 0.25) is 11.8 Å². The highest BCUT2D eigenvalue weighted by atomic mass is 32.1. The van der Waals surface area contributed by atoms with Crippen molar-refractivity contribution in [2.75, 3.05) is 0 Å². The van der Waals surface area contributed by atoms with Gasteiger partial charge in [-0.1, -0.05) is 0 Å². The highest BCUT2D eigenvalue weighted by Gasteiger charge is 2.38. The van der Waals surface area contributed by atoms with Crippen molar-refractivity contribution in [2.45, 2.75) is 38.9 Å². The van der Waals surface area contributed by atoms with Gasteiger partial charge >= 0.3 is 0 Å². The van der Waals surface area contributed by atoms with Crippen LogP contribution >= 0.6 is 11.3 Å². The molecule has 2 heterocycles. The molecule has 5 heteroatoms. The fraction of sp³-hybridized carbons (Fsp3) is 0.500. The normalized spacial score (nSPS) is 26.9. The van der Waals surface area contributed by atoms with Crippen molar-refractivity contribution in [3.8, 4) is 0 Å². The Morgan fingerprint density at radius 1 is 1.41 bits per heavy atom. The number of hydrogen-bond donors (Lipinski definition) is 1. The quantitative estimate of drug-likeness (QED) is 0.868. The first kappa shape index (κ1) is 12.1. The van der Waals surface area contributed by atoms with Crippen LogP contribution < -0.4 is 5.32 Å². The fourth-order valence-electron chi connectivity index (χ4n) is 2.14. The highest BCUT2D eigenvalue weighted by Crippen LogP contribution is 2.26. The van der Waals surface area contributed by atoms with Crippen molar-refractivity contribution in [3.05, 3.63) is 22.4 Å². The third-order valence-electron chi connectivity index (χ3n) is 3.22. The molecular weight excluding hydrogens is 236 g/mol. The number of nitrogens with zero attached hydrogens (tertiary/aromatic N) is 1. The van der Waals surface area contributed by atoms with Gasteiger partial charge in [-0.3, -0.25) is 9.59 Å². The van der Waals surface area contributed by atoms with E-state index in [2.05, 4.69) is 5.32 Å². The Bertz CT molecular complexity index is 430. The van der Waals surface area contributed by atoms with E-state index < -0.39 is 12.1 Å². The van der Waals surface area contributed by atoms with Gasteiger partial charge in [-0.15, -0.1) is 0 Å². The zero-order valence-electron chi connectivity index (χ0n) is 10.1. The zero-order chi connectivity index (χ0) is 12.6. The summed E-state index contributed by atoms with van der Waals surface area (Å²) in [6, 6.07) is 1.10. The number of amides is 2. The second-order valence-electron chi connectivity index (χ2n) is 4.38. The first-order chi connectivity index (χ1) is 8.02. The van der Waals surface area contributed by atoms with Gasteiger partial charge in [-0.2, -0.15) is 11.3 Å². The number of thiophene rings is 1. The molecule has 3 atom stereocenters. The molecule has 1 N–H and O–H groups in total. The number of rotatable bonds is 2. The second kappa shape index (κ2) is 4.49. The average molecular weight is 252 g/mol. The Morgan fingerprint density at radius 2 is 2.12 bits per heavy atom. The first-order valence-electron chi connectivity index (χ1n) is 5.67. The Morgan fingerprint density at radius 3 is 2.71 bits per heavy atom. The maximum atomic E-state index is 12.1. The van der Waals surface area contributed by atoms with E-state index >= 15 is 0 Å². The van der Waals surface area contributed by atoms with Crippen LogP contribution in [0.3, 0.4) is 0 Å². The zero-order valence-corrected chi connectivity index (χ0v) is 11.0. The van der Waals surface area contributed by atoms with Gasteiger partial charge in [-0.25, -0.2) is 0 Å². The summed E-state index contributed by atoms with van der Waals surface area (Å²) in [6.07, 6.45) is 0. The molecule has 0 bridgehead atoms. The summed E-state index contributed by atoms with van der Waals surface area (Å²) < 4.78 is 0. The molecule has 2 amide bonds. The van der Waals surface area contributed by atoms with Gasteiger partial charge in [0.1, 0.15) is 12.1 Å². The third-order valence-corrected chi connectivity index (χ3v) is 3.92. The molecule has 0 aromatic carbocycles. The van der Waals surface area contributed by atoms with Crippen LogP contribution in [0.2, 0.25) is 0 Å². The van der Waals surface area contributed by atoms with E-state index in [0.29, 0.717) is 0 Å². The van der Waals surface area contributed by atoms with Gasteiger partial charge in [0.15, 0.2) is 0 Å². The van der Waals surface area contributed by atoms with Crippen LogP contribution in [0.4, 0.5) is 0 Å². The van der Waals surface area contributed by atoms with Crippen LogP contribution in [0.1, 0.15) is 32.4 Å². The van der Waals surface area contributed by atoms with E-state index in [1.54, 1.807) is 30.1 Å². The topological polar surface area (TPSA) is 49.4 Å². The molecule has 2 rings (SSSR count). The second-order valence-corrected chi connectivity index (χ2v) is 5.16. The summed E-state index contributed by atoms with van der Waals surface area (Å²) in [6.45, 7) is 5.45. The molecule has 0 radical (unpaired) electrons. The molecule has 0 aliphatic carbocycles. The van der Waals surface area contributed by atoms with E-state index in [0.717, 1.165) is 5.56 Å². The van der Waals surface area contributed by atoms with E-state index in [-0.39, 0.29) is 17.9 Å². The molecule has 0 spiro atoms. The molecule has 4 nitrogen and oxygen atoms in total. The van der Waals surface area contributed by atoms with Crippen molar-refractivity contribution >= 4 is 23.2 Å². The molecule has 1 aliphatic rings.